The molecule has 0 aromatic carbocycles. The van der Waals surface area contributed by atoms with E-state index in [1.54, 1.807) is 4.90 Å². The van der Waals surface area contributed by atoms with Crippen LogP contribution in [0, 0.1) is 11.8 Å². The fourth-order valence-electron chi connectivity index (χ4n) is 1.71. The van der Waals surface area contributed by atoms with Gasteiger partial charge >= 0.3 is 0 Å². The van der Waals surface area contributed by atoms with E-state index in [1.165, 1.54) is 0 Å². The van der Waals surface area contributed by atoms with E-state index in [0.29, 0.717) is 19.0 Å². The van der Waals surface area contributed by atoms with Gasteiger partial charge in [-0.2, -0.15) is 0 Å². The van der Waals surface area contributed by atoms with Gasteiger partial charge in [-0.3, -0.25) is 4.79 Å². The first-order valence-corrected chi connectivity index (χ1v) is 5.19. The summed E-state index contributed by atoms with van der Waals surface area (Å²) in [4.78, 5) is 13.4. The van der Waals surface area contributed by atoms with Crippen molar-refractivity contribution in [2.75, 3.05) is 19.7 Å². The number of hydrogen-bond acceptors (Lipinski definition) is 3. The van der Waals surface area contributed by atoms with Crippen molar-refractivity contribution in [3.05, 3.63) is 0 Å². The number of likely N-dealkylation sites (tertiary alicyclic amines) is 1. The molecule has 0 aromatic rings. The van der Waals surface area contributed by atoms with E-state index in [4.69, 9.17) is 10.8 Å². The summed E-state index contributed by atoms with van der Waals surface area (Å²) in [7, 11) is 0. The Kier molecular flexibility index (Phi) is 3.89. The number of carbonyl (C=O) groups excluding carboxylic acids is 1. The average molecular weight is 200 g/mol. The van der Waals surface area contributed by atoms with E-state index in [2.05, 4.69) is 13.8 Å². The van der Waals surface area contributed by atoms with Crippen molar-refractivity contribution in [1.29, 1.82) is 0 Å². The summed E-state index contributed by atoms with van der Waals surface area (Å²) in [6.07, 6.45) is 0.735. The zero-order chi connectivity index (χ0) is 10.7. The van der Waals surface area contributed by atoms with E-state index < -0.39 is 0 Å². The minimum atomic E-state index is -0.366. The Morgan fingerprint density at radius 3 is 2.57 bits per heavy atom. The van der Waals surface area contributed by atoms with Gasteiger partial charge in [-0.1, -0.05) is 13.8 Å². The molecule has 14 heavy (non-hydrogen) atoms. The lowest BCUT2D eigenvalue weighted by molar-refractivity contribution is -0.140. The highest BCUT2D eigenvalue weighted by atomic mass is 16.3. The van der Waals surface area contributed by atoms with Crippen LogP contribution in [0.3, 0.4) is 0 Å². The Labute approximate surface area is 85.1 Å². The molecule has 0 saturated carbocycles. The number of aliphatic hydroxyl groups is 1. The van der Waals surface area contributed by atoms with Crippen molar-refractivity contribution in [3.8, 4) is 0 Å². The van der Waals surface area contributed by atoms with Crippen LogP contribution >= 0.6 is 0 Å². The minimum absolute atomic E-state index is 0.0309. The van der Waals surface area contributed by atoms with Crippen molar-refractivity contribution in [2.24, 2.45) is 17.6 Å². The van der Waals surface area contributed by atoms with Crippen molar-refractivity contribution >= 4 is 5.91 Å². The van der Waals surface area contributed by atoms with Crippen LogP contribution in [0.1, 0.15) is 20.3 Å². The van der Waals surface area contributed by atoms with Crippen molar-refractivity contribution in [1.82, 2.24) is 4.90 Å². The summed E-state index contributed by atoms with van der Waals surface area (Å²) in [6, 6.07) is -0.366. The number of amides is 1. The minimum Gasteiger partial charge on any atom is -0.396 e. The summed E-state index contributed by atoms with van der Waals surface area (Å²) < 4.78 is 0. The second-order valence-corrected chi connectivity index (χ2v) is 4.53. The van der Waals surface area contributed by atoms with Crippen LogP contribution in [0.4, 0.5) is 0 Å². The highest BCUT2D eigenvalue weighted by Gasteiger charge is 2.32. The van der Waals surface area contributed by atoms with Gasteiger partial charge in [0.2, 0.25) is 5.91 Å². The van der Waals surface area contributed by atoms with Crippen LogP contribution in [0.15, 0.2) is 0 Å². The molecule has 1 atom stereocenters. The maximum Gasteiger partial charge on any atom is 0.239 e. The lowest BCUT2D eigenvalue weighted by Gasteiger charge is -2.39. The van der Waals surface area contributed by atoms with Crippen LogP contribution in [-0.2, 0) is 4.79 Å². The third-order valence-corrected chi connectivity index (χ3v) is 2.57. The van der Waals surface area contributed by atoms with Gasteiger partial charge in [-0.05, 0) is 12.3 Å². The fraction of sp³-hybridized carbons (Fsp3) is 0.900. The molecule has 0 bridgehead atoms. The van der Waals surface area contributed by atoms with Crippen molar-refractivity contribution in [3.63, 3.8) is 0 Å². The standard InChI is InChI=1S/C10H20N2O2/c1-7(2)3-9(11)10(14)12-4-8(5-12)6-13/h7-9,13H,3-6,11H2,1-2H3/t9-/m1/s1. The number of carbonyl (C=O) groups is 1. The molecule has 1 rings (SSSR count). The number of hydrogen-bond donors (Lipinski definition) is 2. The first kappa shape index (κ1) is 11.5. The van der Waals surface area contributed by atoms with Gasteiger partial charge in [0, 0.05) is 25.6 Å². The quantitative estimate of drug-likeness (QED) is 0.661. The third kappa shape index (κ3) is 2.69. The zero-order valence-electron chi connectivity index (χ0n) is 8.94. The van der Waals surface area contributed by atoms with Crippen LogP contribution in [0.25, 0.3) is 0 Å². The SMILES string of the molecule is CC(C)C[C@@H](N)C(=O)N1CC(CO)C1. The van der Waals surface area contributed by atoms with Crippen molar-refractivity contribution < 1.29 is 9.90 Å². The molecule has 1 heterocycles. The second-order valence-electron chi connectivity index (χ2n) is 4.53. The molecule has 82 valence electrons. The molecule has 1 amide bonds. The molecule has 0 aromatic heterocycles. The molecule has 1 aliphatic rings. The Hall–Kier alpha value is -0.610. The molecule has 0 unspecified atom stereocenters. The lowest BCUT2D eigenvalue weighted by atomic mass is 9.97. The highest BCUT2D eigenvalue weighted by Crippen LogP contribution is 2.16. The molecular weight excluding hydrogens is 180 g/mol. The number of nitrogens with zero attached hydrogens (tertiary/aromatic N) is 1. The largest absolute Gasteiger partial charge is 0.396 e. The molecule has 3 N–H and O–H groups in total. The number of rotatable bonds is 4. The van der Waals surface area contributed by atoms with E-state index in [1.807, 2.05) is 0 Å². The first-order chi connectivity index (χ1) is 6.54. The summed E-state index contributed by atoms with van der Waals surface area (Å²) >= 11 is 0. The van der Waals surface area contributed by atoms with Crippen LogP contribution in [0.2, 0.25) is 0 Å². The first-order valence-electron chi connectivity index (χ1n) is 5.19. The maximum atomic E-state index is 11.6. The van der Waals surface area contributed by atoms with E-state index >= 15 is 0 Å². The Balaban J connectivity index is 2.28. The molecule has 4 heteroatoms. The Morgan fingerprint density at radius 2 is 2.14 bits per heavy atom. The van der Waals surface area contributed by atoms with Crippen LogP contribution in [-0.4, -0.2) is 41.7 Å². The highest BCUT2D eigenvalue weighted by molar-refractivity contribution is 5.82. The van der Waals surface area contributed by atoms with Crippen LogP contribution < -0.4 is 5.73 Å². The third-order valence-electron chi connectivity index (χ3n) is 2.57. The molecule has 1 aliphatic heterocycles. The summed E-state index contributed by atoms with van der Waals surface area (Å²) in [6.45, 7) is 5.62. The van der Waals surface area contributed by atoms with E-state index in [9.17, 15) is 4.79 Å². The summed E-state index contributed by atoms with van der Waals surface area (Å²) in [5.74, 6) is 0.748. The van der Waals surface area contributed by atoms with Gasteiger partial charge in [0.15, 0.2) is 0 Å². The van der Waals surface area contributed by atoms with E-state index in [0.717, 1.165) is 6.42 Å². The molecule has 1 fully saturated rings. The monoisotopic (exact) mass is 200 g/mol. The van der Waals surface area contributed by atoms with Crippen LogP contribution in [0.5, 0.6) is 0 Å². The number of aliphatic hydroxyl groups excluding tert-OH is 1. The predicted octanol–water partition coefficient (Wildman–Crippen LogP) is -0.189. The van der Waals surface area contributed by atoms with Gasteiger partial charge in [-0.25, -0.2) is 0 Å². The Morgan fingerprint density at radius 1 is 1.57 bits per heavy atom. The van der Waals surface area contributed by atoms with Crippen molar-refractivity contribution in [2.45, 2.75) is 26.3 Å². The summed E-state index contributed by atoms with van der Waals surface area (Å²) in [5, 5.41) is 8.80. The molecule has 4 nitrogen and oxygen atoms in total. The topological polar surface area (TPSA) is 66.6 Å². The van der Waals surface area contributed by atoms with Gasteiger partial charge < -0.3 is 15.7 Å². The fourth-order valence-corrected chi connectivity index (χ4v) is 1.71. The lowest BCUT2D eigenvalue weighted by Crippen LogP contribution is -2.56. The molecule has 0 radical (unpaired) electrons. The number of nitrogens with two attached hydrogens (primary N) is 1. The zero-order valence-corrected chi connectivity index (χ0v) is 8.94. The van der Waals surface area contributed by atoms with Gasteiger partial charge in [0.25, 0.3) is 0 Å². The smallest absolute Gasteiger partial charge is 0.239 e. The predicted molar refractivity (Wildman–Crippen MR) is 54.6 cm³/mol. The van der Waals surface area contributed by atoms with Gasteiger partial charge in [0.05, 0.1) is 6.04 Å². The van der Waals surface area contributed by atoms with Gasteiger partial charge in [0.1, 0.15) is 0 Å². The average Bonchev–Trinajstić information content (AvgIpc) is 2.00. The maximum absolute atomic E-state index is 11.6. The normalized spacial score (nSPS) is 19.6. The molecule has 0 aliphatic carbocycles. The molecular formula is C10H20N2O2. The molecule has 1 saturated heterocycles. The van der Waals surface area contributed by atoms with E-state index in [-0.39, 0.29) is 24.5 Å². The molecule has 0 spiro atoms. The summed E-state index contributed by atoms with van der Waals surface area (Å²) in [5.41, 5.74) is 5.76. The Bertz CT molecular complexity index is 200. The van der Waals surface area contributed by atoms with Gasteiger partial charge in [-0.15, -0.1) is 0 Å². The second kappa shape index (κ2) is 4.75.